The summed E-state index contributed by atoms with van der Waals surface area (Å²) in [7, 11) is 3.04. The third-order valence-electron chi connectivity index (χ3n) is 3.16. The SMILES string of the molecule is COc1ccc(NC(=O)Nc2cccc(F)c2C)cc1OC. The summed E-state index contributed by atoms with van der Waals surface area (Å²) >= 11 is 0. The zero-order valence-electron chi connectivity index (χ0n) is 12.6. The Bertz CT molecular complexity index is 689. The number of hydrogen-bond donors (Lipinski definition) is 2. The molecule has 2 N–H and O–H groups in total. The maximum atomic E-state index is 13.4. The lowest BCUT2D eigenvalue weighted by atomic mass is 10.2. The van der Waals surface area contributed by atoms with Crippen LogP contribution in [0.4, 0.5) is 20.6 Å². The maximum Gasteiger partial charge on any atom is 0.323 e. The average Bonchev–Trinajstić information content (AvgIpc) is 2.51. The number of carbonyl (C=O) groups excluding carboxylic acids is 1. The van der Waals surface area contributed by atoms with Gasteiger partial charge in [-0.25, -0.2) is 9.18 Å². The van der Waals surface area contributed by atoms with Crippen LogP contribution in [0.15, 0.2) is 36.4 Å². The van der Waals surface area contributed by atoms with Crippen molar-refractivity contribution in [2.75, 3.05) is 24.9 Å². The number of anilines is 2. The van der Waals surface area contributed by atoms with Crippen LogP contribution in [0, 0.1) is 12.7 Å². The van der Waals surface area contributed by atoms with E-state index >= 15 is 0 Å². The van der Waals surface area contributed by atoms with Gasteiger partial charge in [0.25, 0.3) is 0 Å². The summed E-state index contributed by atoms with van der Waals surface area (Å²) in [6.45, 7) is 1.60. The first-order chi connectivity index (χ1) is 10.5. The molecule has 0 bridgehead atoms. The van der Waals surface area contributed by atoms with Gasteiger partial charge in [-0.1, -0.05) is 6.07 Å². The zero-order chi connectivity index (χ0) is 16.1. The van der Waals surface area contributed by atoms with Crippen LogP contribution in [-0.4, -0.2) is 20.3 Å². The van der Waals surface area contributed by atoms with Crippen LogP contribution in [-0.2, 0) is 0 Å². The third-order valence-corrected chi connectivity index (χ3v) is 3.16. The lowest BCUT2D eigenvalue weighted by molar-refractivity contribution is 0.262. The fraction of sp³-hybridized carbons (Fsp3) is 0.188. The van der Waals surface area contributed by atoms with E-state index in [1.165, 1.54) is 26.4 Å². The van der Waals surface area contributed by atoms with Crippen molar-refractivity contribution in [2.24, 2.45) is 0 Å². The van der Waals surface area contributed by atoms with E-state index in [0.29, 0.717) is 28.4 Å². The summed E-state index contributed by atoms with van der Waals surface area (Å²) < 4.78 is 23.7. The van der Waals surface area contributed by atoms with Gasteiger partial charge in [-0.2, -0.15) is 0 Å². The minimum atomic E-state index is -0.471. The summed E-state index contributed by atoms with van der Waals surface area (Å²) in [5, 5.41) is 5.26. The van der Waals surface area contributed by atoms with Crippen LogP contribution in [0.25, 0.3) is 0 Å². The second kappa shape index (κ2) is 6.80. The highest BCUT2D eigenvalue weighted by Gasteiger charge is 2.09. The molecule has 5 nitrogen and oxygen atoms in total. The van der Waals surface area contributed by atoms with E-state index in [2.05, 4.69) is 10.6 Å². The Labute approximate surface area is 128 Å². The van der Waals surface area contributed by atoms with Crippen LogP contribution in [0.3, 0.4) is 0 Å². The lowest BCUT2D eigenvalue weighted by Crippen LogP contribution is -2.20. The standard InChI is InChI=1S/C16H17FN2O3/c1-10-12(17)5-4-6-13(10)19-16(20)18-11-7-8-14(21-2)15(9-11)22-3/h4-9H,1-3H3,(H2,18,19,20). The van der Waals surface area contributed by atoms with Gasteiger partial charge in [0.15, 0.2) is 11.5 Å². The minimum Gasteiger partial charge on any atom is -0.493 e. The molecule has 0 saturated carbocycles. The van der Waals surface area contributed by atoms with Gasteiger partial charge in [0, 0.05) is 23.0 Å². The van der Waals surface area contributed by atoms with Gasteiger partial charge in [0.2, 0.25) is 0 Å². The van der Waals surface area contributed by atoms with E-state index in [1.54, 1.807) is 31.2 Å². The van der Waals surface area contributed by atoms with E-state index in [1.807, 2.05) is 0 Å². The van der Waals surface area contributed by atoms with Gasteiger partial charge in [-0.3, -0.25) is 0 Å². The zero-order valence-corrected chi connectivity index (χ0v) is 12.6. The first-order valence-electron chi connectivity index (χ1n) is 6.60. The summed E-state index contributed by atoms with van der Waals surface area (Å²) in [6, 6.07) is 9.03. The number of amides is 2. The molecule has 0 saturated heterocycles. The van der Waals surface area contributed by atoms with Crippen LogP contribution in [0.2, 0.25) is 0 Å². The Morgan fingerprint density at radius 2 is 1.77 bits per heavy atom. The fourth-order valence-electron chi connectivity index (χ4n) is 1.94. The van der Waals surface area contributed by atoms with Gasteiger partial charge < -0.3 is 20.1 Å². The smallest absolute Gasteiger partial charge is 0.323 e. The number of nitrogens with one attached hydrogen (secondary N) is 2. The number of benzene rings is 2. The molecule has 0 aromatic heterocycles. The maximum absolute atomic E-state index is 13.4. The molecular weight excluding hydrogens is 287 g/mol. The van der Waals surface area contributed by atoms with Crippen molar-refractivity contribution in [2.45, 2.75) is 6.92 Å². The predicted octanol–water partition coefficient (Wildman–Crippen LogP) is 3.80. The molecule has 0 spiro atoms. The van der Waals surface area contributed by atoms with Crippen LogP contribution < -0.4 is 20.1 Å². The molecule has 0 aliphatic carbocycles. The van der Waals surface area contributed by atoms with Gasteiger partial charge in [-0.15, -0.1) is 0 Å². The van der Waals surface area contributed by atoms with Crippen molar-refractivity contribution in [3.05, 3.63) is 47.8 Å². The van der Waals surface area contributed by atoms with Crippen molar-refractivity contribution >= 4 is 17.4 Å². The second-order valence-corrected chi connectivity index (χ2v) is 4.56. The summed E-state index contributed by atoms with van der Waals surface area (Å²) in [5.41, 5.74) is 1.33. The predicted molar refractivity (Wildman–Crippen MR) is 83.3 cm³/mol. The molecule has 6 heteroatoms. The highest BCUT2D eigenvalue weighted by molar-refractivity contribution is 6.00. The number of rotatable bonds is 4. The van der Waals surface area contributed by atoms with Gasteiger partial charge in [0.1, 0.15) is 5.82 Å². The first-order valence-corrected chi connectivity index (χ1v) is 6.60. The molecule has 0 aliphatic rings. The number of ether oxygens (including phenoxy) is 2. The summed E-state index contributed by atoms with van der Waals surface area (Å²) in [5.74, 6) is 0.695. The van der Waals surface area contributed by atoms with Crippen molar-refractivity contribution in [1.29, 1.82) is 0 Å². The number of halogens is 1. The molecule has 116 valence electrons. The Morgan fingerprint density at radius 3 is 2.45 bits per heavy atom. The number of urea groups is 1. The largest absolute Gasteiger partial charge is 0.493 e. The molecule has 2 amide bonds. The van der Waals surface area contributed by atoms with E-state index in [0.717, 1.165) is 0 Å². The molecule has 2 aromatic rings. The summed E-state index contributed by atoms with van der Waals surface area (Å²) in [4.78, 5) is 12.0. The third kappa shape index (κ3) is 3.46. The van der Waals surface area contributed by atoms with Crippen molar-refractivity contribution in [3.8, 4) is 11.5 Å². The molecule has 0 atom stereocenters. The van der Waals surface area contributed by atoms with Crippen molar-refractivity contribution in [3.63, 3.8) is 0 Å². The van der Waals surface area contributed by atoms with Gasteiger partial charge >= 0.3 is 6.03 Å². The number of hydrogen-bond acceptors (Lipinski definition) is 3. The van der Waals surface area contributed by atoms with Gasteiger partial charge in [-0.05, 0) is 31.2 Å². The molecule has 2 aromatic carbocycles. The number of carbonyl (C=O) groups is 1. The molecule has 0 aliphatic heterocycles. The van der Waals surface area contributed by atoms with E-state index < -0.39 is 6.03 Å². The monoisotopic (exact) mass is 304 g/mol. The molecule has 2 rings (SSSR count). The fourth-order valence-corrected chi connectivity index (χ4v) is 1.94. The van der Waals surface area contributed by atoms with Crippen LogP contribution in [0.5, 0.6) is 11.5 Å². The molecule has 0 fully saturated rings. The van der Waals surface area contributed by atoms with Crippen molar-refractivity contribution < 1.29 is 18.7 Å². The number of methoxy groups -OCH3 is 2. The van der Waals surface area contributed by atoms with Crippen LogP contribution in [0.1, 0.15) is 5.56 Å². The normalized spacial score (nSPS) is 10.0. The minimum absolute atomic E-state index is 0.371. The Hall–Kier alpha value is -2.76. The van der Waals surface area contributed by atoms with E-state index in [4.69, 9.17) is 9.47 Å². The Kier molecular flexibility index (Phi) is 4.83. The molecule has 0 radical (unpaired) electrons. The second-order valence-electron chi connectivity index (χ2n) is 4.56. The topological polar surface area (TPSA) is 59.6 Å². The quantitative estimate of drug-likeness (QED) is 0.903. The average molecular weight is 304 g/mol. The molecule has 22 heavy (non-hydrogen) atoms. The molecule has 0 unspecified atom stereocenters. The van der Waals surface area contributed by atoms with Crippen molar-refractivity contribution in [1.82, 2.24) is 0 Å². The summed E-state index contributed by atoms with van der Waals surface area (Å²) in [6.07, 6.45) is 0. The van der Waals surface area contributed by atoms with Gasteiger partial charge in [0.05, 0.1) is 14.2 Å². The molecule has 0 heterocycles. The van der Waals surface area contributed by atoms with E-state index in [9.17, 15) is 9.18 Å². The molecular formula is C16H17FN2O3. The first kappa shape index (κ1) is 15.6. The Balaban J connectivity index is 2.10. The van der Waals surface area contributed by atoms with E-state index in [-0.39, 0.29) is 5.82 Å². The Morgan fingerprint density at radius 1 is 1.05 bits per heavy atom. The lowest BCUT2D eigenvalue weighted by Gasteiger charge is -2.12. The highest BCUT2D eigenvalue weighted by Crippen LogP contribution is 2.29. The highest BCUT2D eigenvalue weighted by atomic mass is 19.1. The van der Waals surface area contributed by atoms with Crippen LogP contribution >= 0.6 is 0 Å².